The summed E-state index contributed by atoms with van der Waals surface area (Å²) in [7, 11) is 0. The predicted octanol–water partition coefficient (Wildman–Crippen LogP) is 3.80. The summed E-state index contributed by atoms with van der Waals surface area (Å²) in [6.07, 6.45) is -3.36. The Labute approximate surface area is 155 Å². The van der Waals surface area contributed by atoms with E-state index in [2.05, 4.69) is 9.97 Å². The van der Waals surface area contributed by atoms with Crippen LogP contribution in [0.15, 0.2) is 30.3 Å². The van der Waals surface area contributed by atoms with Crippen molar-refractivity contribution in [1.29, 1.82) is 0 Å². The number of nitrogens with zero attached hydrogens (tertiary/aromatic N) is 3. The number of halogens is 3. The Morgan fingerprint density at radius 3 is 2.56 bits per heavy atom. The van der Waals surface area contributed by atoms with Gasteiger partial charge in [-0.2, -0.15) is 13.2 Å². The number of hydrogen-bond donors (Lipinski definition) is 0. The van der Waals surface area contributed by atoms with Gasteiger partial charge in [0.25, 0.3) is 5.91 Å². The van der Waals surface area contributed by atoms with E-state index in [9.17, 15) is 18.0 Å². The van der Waals surface area contributed by atoms with Gasteiger partial charge in [0.15, 0.2) is 0 Å². The highest BCUT2D eigenvalue weighted by Gasteiger charge is 2.32. The second-order valence-electron chi connectivity index (χ2n) is 6.65. The molecule has 0 N–H and O–H groups in total. The van der Waals surface area contributed by atoms with Crippen molar-refractivity contribution in [3.63, 3.8) is 0 Å². The Balaban J connectivity index is 1.71. The van der Waals surface area contributed by atoms with Crippen LogP contribution in [0.4, 0.5) is 13.2 Å². The van der Waals surface area contributed by atoms with E-state index in [-0.39, 0.29) is 24.2 Å². The number of amides is 1. The van der Waals surface area contributed by atoms with Gasteiger partial charge in [0, 0.05) is 23.5 Å². The standard InChI is InChI=1S/C19H20F3N3O2/c1-12-9-13(2)24-18(23-12)27-16-7-4-8-25(11-16)17(26)14-5-3-6-15(10-14)19(20,21)22/h3,5-6,9-10,16H,4,7-8,11H2,1-2H3/t16-/m1/s1. The number of likely N-dealkylation sites (tertiary alicyclic amines) is 1. The predicted molar refractivity (Wildman–Crippen MR) is 92.5 cm³/mol. The number of alkyl halides is 3. The lowest BCUT2D eigenvalue weighted by molar-refractivity contribution is -0.137. The first-order valence-electron chi connectivity index (χ1n) is 8.68. The van der Waals surface area contributed by atoms with E-state index in [4.69, 9.17) is 4.74 Å². The first-order valence-corrected chi connectivity index (χ1v) is 8.68. The molecule has 0 bridgehead atoms. The molecule has 1 amide bonds. The van der Waals surface area contributed by atoms with Gasteiger partial charge in [0.05, 0.1) is 12.1 Å². The van der Waals surface area contributed by atoms with Crippen molar-refractivity contribution in [2.24, 2.45) is 0 Å². The molecule has 1 atom stereocenters. The van der Waals surface area contributed by atoms with Gasteiger partial charge < -0.3 is 9.64 Å². The molecule has 2 aromatic rings. The van der Waals surface area contributed by atoms with E-state index < -0.39 is 17.6 Å². The summed E-state index contributed by atoms with van der Waals surface area (Å²) in [5, 5.41) is 0. The topological polar surface area (TPSA) is 55.3 Å². The minimum atomic E-state index is -4.48. The molecule has 0 spiro atoms. The zero-order valence-corrected chi connectivity index (χ0v) is 15.1. The lowest BCUT2D eigenvalue weighted by atomic mass is 10.1. The molecule has 0 aliphatic carbocycles. The Kier molecular flexibility index (Phi) is 5.34. The van der Waals surface area contributed by atoms with E-state index in [0.29, 0.717) is 13.0 Å². The highest BCUT2D eigenvalue weighted by Crippen LogP contribution is 2.30. The van der Waals surface area contributed by atoms with Crippen LogP contribution in [-0.2, 0) is 6.18 Å². The van der Waals surface area contributed by atoms with Crippen LogP contribution in [0.25, 0.3) is 0 Å². The highest BCUT2D eigenvalue weighted by atomic mass is 19.4. The maximum absolute atomic E-state index is 12.9. The first kappa shape index (κ1) is 19.1. The average molecular weight is 379 g/mol. The molecule has 1 saturated heterocycles. The molecule has 8 heteroatoms. The van der Waals surface area contributed by atoms with Gasteiger partial charge in [-0.3, -0.25) is 4.79 Å². The smallest absolute Gasteiger partial charge is 0.416 e. The van der Waals surface area contributed by atoms with E-state index in [0.717, 1.165) is 29.9 Å². The van der Waals surface area contributed by atoms with Gasteiger partial charge in [0.1, 0.15) is 6.10 Å². The minimum Gasteiger partial charge on any atom is -0.458 e. The molecule has 2 heterocycles. The molecule has 144 valence electrons. The fraction of sp³-hybridized carbons (Fsp3) is 0.421. The van der Waals surface area contributed by atoms with Gasteiger partial charge in [-0.1, -0.05) is 6.07 Å². The van der Waals surface area contributed by atoms with E-state index in [1.54, 1.807) is 0 Å². The number of piperidine rings is 1. The van der Waals surface area contributed by atoms with Crippen LogP contribution in [0.3, 0.4) is 0 Å². The van der Waals surface area contributed by atoms with Crippen molar-refractivity contribution in [2.75, 3.05) is 13.1 Å². The molecule has 0 saturated carbocycles. The summed E-state index contributed by atoms with van der Waals surface area (Å²) in [5.74, 6) is -0.434. The summed E-state index contributed by atoms with van der Waals surface area (Å²) in [6, 6.07) is 6.57. The number of aromatic nitrogens is 2. The van der Waals surface area contributed by atoms with Crippen LogP contribution < -0.4 is 4.74 Å². The number of ether oxygens (including phenoxy) is 1. The minimum absolute atomic E-state index is 0.0214. The molecule has 1 aliphatic heterocycles. The van der Waals surface area contributed by atoms with E-state index >= 15 is 0 Å². The molecule has 5 nitrogen and oxygen atoms in total. The molecule has 1 aromatic heterocycles. The zero-order valence-electron chi connectivity index (χ0n) is 15.1. The summed E-state index contributed by atoms with van der Waals surface area (Å²) in [5.41, 5.74) is 0.755. The summed E-state index contributed by atoms with van der Waals surface area (Å²) in [6.45, 7) is 4.44. The van der Waals surface area contributed by atoms with Gasteiger partial charge >= 0.3 is 12.2 Å². The summed E-state index contributed by atoms with van der Waals surface area (Å²) < 4.78 is 44.5. The van der Waals surface area contributed by atoms with Crippen LogP contribution in [0.5, 0.6) is 6.01 Å². The van der Waals surface area contributed by atoms with E-state index in [1.165, 1.54) is 17.0 Å². The average Bonchev–Trinajstić information content (AvgIpc) is 2.60. The van der Waals surface area contributed by atoms with Crippen molar-refractivity contribution in [3.05, 3.63) is 52.8 Å². The van der Waals surface area contributed by atoms with Crippen LogP contribution in [0.2, 0.25) is 0 Å². The van der Waals surface area contributed by atoms with Crippen LogP contribution in [0.1, 0.15) is 40.2 Å². The normalized spacial score (nSPS) is 17.7. The quantitative estimate of drug-likeness (QED) is 0.814. The fourth-order valence-corrected chi connectivity index (χ4v) is 3.13. The maximum atomic E-state index is 12.9. The lowest BCUT2D eigenvalue weighted by Crippen LogP contribution is -2.44. The highest BCUT2D eigenvalue weighted by molar-refractivity contribution is 5.94. The number of hydrogen-bond acceptors (Lipinski definition) is 4. The Bertz CT molecular complexity index is 819. The first-order chi connectivity index (χ1) is 12.7. The van der Waals surface area contributed by atoms with Crippen molar-refractivity contribution in [1.82, 2.24) is 14.9 Å². The third kappa shape index (κ3) is 4.75. The van der Waals surface area contributed by atoms with Crippen LogP contribution in [0, 0.1) is 13.8 Å². The van der Waals surface area contributed by atoms with Crippen molar-refractivity contribution < 1.29 is 22.7 Å². The molecule has 3 rings (SSSR count). The second kappa shape index (κ2) is 7.54. The second-order valence-corrected chi connectivity index (χ2v) is 6.65. The largest absolute Gasteiger partial charge is 0.458 e. The van der Waals surface area contributed by atoms with Crippen LogP contribution in [-0.4, -0.2) is 40.0 Å². The molecule has 1 fully saturated rings. The molecular weight excluding hydrogens is 359 g/mol. The number of aryl methyl sites for hydroxylation is 2. The number of rotatable bonds is 3. The lowest BCUT2D eigenvalue weighted by Gasteiger charge is -2.32. The molecule has 1 aliphatic rings. The fourth-order valence-electron chi connectivity index (χ4n) is 3.13. The van der Waals surface area contributed by atoms with Gasteiger partial charge in [0.2, 0.25) is 0 Å². The molecule has 27 heavy (non-hydrogen) atoms. The summed E-state index contributed by atoms with van der Waals surface area (Å²) in [4.78, 5) is 22.6. The van der Waals surface area contributed by atoms with Crippen LogP contribution >= 0.6 is 0 Å². The van der Waals surface area contributed by atoms with Gasteiger partial charge in [-0.15, -0.1) is 0 Å². The Morgan fingerprint density at radius 2 is 1.89 bits per heavy atom. The van der Waals surface area contributed by atoms with Gasteiger partial charge in [-0.05, 0) is 51.0 Å². The number of carbonyl (C=O) groups is 1. The molecular formula is C19H20F3N3O2. The number of carbonyl (C=O) groups excluding carboxylic acids is 1. The Hall–Kier alpha value is -2.64. The van der Waals surface area contributed by atoms with Gasteiger partial charge in [-0.25, -0.2) is 9.97 Å². The van der Waals surface area contributed by atoms with E-state index in [1.807, 2.05) is 19.9 Å². The molecule has 1 aromatic carbocycles. The number of benzene rings is 1. The zero-order chi connectivity index (χ0) is 19.6. The SMILES string of the molecule is Cc1cc(C)nc(O[C@@H]2CCCN(C(=O)c3cccc(C(F)(F)F)c3)C2)n1. The van der Waals surface area contributed by atoms with Crippen molar-refractivity contribution in [3.8, 4) is 6.01 Å². The third-order valence-electron chi connectivity index (χ3n) is 4.34. The Morgan fingerprint density at radius 1 is 1.19 bits per heavy atom. The third-order valence-corrected chi connectivity index (χ3v) is 4.34. The monoisotopic (exact) mass is 379 g/mol. The summed E-state index contributed by atoms with van der Waals surface area (Å²) >= 11 is 0. The van der Waals surface area contributed by atoms with Crippen molar-refractivity contribution in [2.45, 2.75) is 39.0 Å². The molecule has 0 unspecified atom stereocenters. The molecule has 0 radical (unpaired) electrons. The maximum Gasteiger partial charge on any atom is 0.416 e. The van der Waals surface area contributed by atoms with Crippen molar-refractivity contribution >= 4 is 5.91 Å².